The number of benzene rings is 1. The molecule has 4 nitrogen and oxygen atoms in total. The molecule has 7 heteroatoms. The second kappa shape index (κ2) is 5.73. The molecule has 0 heterocycles. The lowest BCUT2D eigenvalue weighted by Crippen LogP contribution is -2.45. The van der Waals surface area contributed by atoms with E-state index in [1.54, 1.807) is 5.32 Å². The number of hydrogen-bond acceptors (Lipinski definition) is 3. The number of halogens is 3. The maximum atomic E-state index is 12.0. The second-order valence-corrected chi connectivity index (χ2v) is 3.79. The van der Waals surface area contributed by atoms with Crippen LogP contribution in [-0.4, -0.2) is 31.0 Å². The zero-order valence-corrected chi connectivity index (χ0v) is 10.2. The van der Waals surface area contributed by atoms with Crippen LogP contribution in [0.25, 0.3) is 0 Å². The van der Waals surface area contributed by atoms with E-state index in [0.29, 0.717) is 5.75 Å². The first-order valence-corrected chi connectivity index (χ1v) is 5.31. The summed E-state index contributed by atoms with van der Waals surface area (Å²) in [7, 11) is 1.45. The van der Waals surface area contributed by atoms with Crippen molar-refractivity contribution >= 4 is 11.7 Å². The monoisotopic (exact) mass is 275 g/mol. The van der Waals surface area contributed by atoms with E-state index < -0.39 is 23.9 Å². The molecule has 0 aliphatic heterocycles. The average molecular weight is 275 g/mol. The summed E-state index contributed by atoms with van der Waals surface area (Å²) in [5, 5.41) is 1.60. The van der Waals surface area contributed by atoms with E-state index in [4.69, 9.17) is 4.74 Å². The summed E-state index contributed by atoms with van der Waals surface area (Å²) in [6.07, 6.45) is -5.01. The minimum atomic E-state index is -5.01. The van der Waals surface area contributed by atoms with Crippen LogP contribution >= 0.6 is 0 Å². The average Bonchev–Trinajstić information content (AvgIpc) is 2.36. The number of Topliss-reactive ketones (excluding diaryl/α,β-unsaturated/α-hetero) is 1. The highest BCUT2D eigenvalue weighted by molar-refractivity contribution is 6.02. The third-order valence-corrected chi connectivity index (χ3v) is 2.37. The van der Waals surface area contributed by atoms with Gasteiger partial charge in [0.1, 0.15) is 5.75 Å². The molecule has 0 aromatic heterocycles. The van der Waals surface area contributed by atoms with Crippen molar-refractivity contribution in [3.05, 3.63) is 29.8 Å². The Hall–Kier alpha value is -2.05. The van der Waals surface area contributed by atoms with Crippen molar-refractivity contribution in [1.82, 2.24) is 5.32 Å². The third kappa shape index (κ3) is 3.97. The van der Waals surface area contributed by atoms with Gasteiger partial charge in [0.15, 0.2) is 5.78 Å². The number of alkyl halides is 3. The molecule has 0 radical (unpaired) electrons. The molecular weight excluding hydrogens is 263 g/mol. The summed E-state index contributed by atoms with van der Waals surface area (Å²) in [5.74, 6) is -2.23. The molecular formula is C12H12F3NO3. The molecule has 1 N–H and O–H groups in total. The number of hydrogen-bond donors (Lipinski definition) is 1. The summed E-state index contributed by atoms with van der Waals surface area (Å²) < 4.78 is 41.0. The Kier molecular flexibility index (Phi) is 4.52. The molecule has 1 aromatic rings. The standard InChI is InChI=1S/C12H12F3NO3/c1-7(16-11(18)12(13,14)15)10(17)8-3-5-9(19-2)6-4-8/h3-7H,1-2H3,(H,16,18)/t7-/m0/s1. The van der Waals surface area contributed by atoms with Crippen LogP contribution in [-0.2, 0) is 4.79 Å². The predicted molar refractivity (Wildman–Crippen MR) is 61.0 cm³/mol. The Morgan fingerprint density at radius 2 is 1.74 bits per heavy atom. The van der Waals surface area contributed by atoms with Gasteiger partial charge in [0, 0.05) is 5.56 Å². The van der Waals surface area contributed by atoms with Crippen LogP contribution in [0, 0.1) is 0 Å². The normalized spacial score (nSPS) is 12.7. The summed E-state index contributed by atoms with van der Waals surface area (Å²) in [4.78, 5) is 22.5. The van der Waals surface area contributed by atoms with Crippen LogP contribution in [0.15, 0.2) is 24.3 Å². The van der Waals surface area contributed by atoms with Gasteiger partial charge >= 0.3 is 12.1 Å². The van der Waals surface area contributed by atoms with E-state index in [0.717, 1.165) is 0 Å². The van der Waals surface area contributed by atoms with E-state index in [1.165, 1.54) is 38.3 Å². The van der Waals surface area contributed by atoms with Gasteiger partial charge in [0.05, 0.1) is 13.2 Å². The largest absolute Gasteiger partial charge is 0.497 e. The molecule has 0 unspecified atom stereocenters. The van der Waals surface area contributed by atoms with E-state index in [2.05, 4.69) is 0 Å². The zero-order valence-electron chi connectivity index (χ0n) is 10.2. The molecule has 0 bridgehead atoms. The van der Waals surface area contributed by atoms with Gasteiger partial charge in [-0.25, -0.2) is 0 Å². The van der Waals surface area contributed by atoms with Gasteiger partial charge in [-0.3, -0.25) is 9.59 Å². The zero-order chi connectivity index (χ0) is 14.6. The third-order valence-electron chi connectivity index (χ3n) is 2.37. The van der Waals surface area contributed by atoms with Crippen molar-refractivity contribution < 1.29 is 27.5 Å². The minimum Gasteiger partial charge on any atom is -0.497 e. The number of carbonyl (C=O) groups is 2. The van der Waals surface area contributed by atoms with E-state index in [-0.39, 0.29) is 5.56 Å². The highest BCUT2D eigenvalue weighted by atomic mass is 19.4. The van der Waals surface area contributed by atoms with Crippen molar-refractivity contribution in [2.75, 3.05) is 7.11 Å². The van der Waals surface area contributed by atoms with Crippen LogP contribution in [0.5, 0.6) is 5.75 Å². The molecule has 0 aliphatic carbocycles. The van der Waals surface area contributed by atoms with Crippen LogP contribution in [0.4, 0.5) is 13.2 Å². The lowest BCUT2D eigenvalue weighted by molar-refractivity contribution is -0.173. The number of ether oxygens (including phenoxy) is 1. The summed E-state index contributed by atoms with van der Waals surface area (Å²) in [6.45, 7) is 1.19. The Balaban J connectivity index is 2.74. The van der Waals surface area contributed by atoms with Crippen LogP contribution < -0.4 is 10.1 Å². The van der Waals surface area contributed by atoms with E-state index >= 15 is 0 Å². The Labute approximate surface area is 107 Å². The number of methoxy groups -OCH3 is 1. The van der Waals surface area contributed by atoms with Crippen LogP contribution in [0.2, 0.25) is 0 Å². The topological polar surface area (TPSA) is 55.4 Å². The van der Waals surface area contributed by atoms with Crippen molar-refractivity contribution in [2.24, 2.45) is 0 Å². The highest BCUT2D eigenvalue weighted by Crippen LogP contribution is 2.16. The van der Waals surface area contributed by atoms with Gasteiger partial charge in [-0.2, -0.15) is 13.2 Å². The molecule has 1 atom stereocenters. The van der Waals surface area contributed by atoms with Crippen molar-refractivity contribution in [3.8, 4) is 5.75 Å². The highest BCUT2D eigenvalue weighted by Gasteiger charge is 2.40. The van der Waals surface area contributed by atoms with Gasteiger partial charge in [0.25, 0.3) is 0 Å². The SMILES string of the molecule is COc1ccc(C(=O)[C@H](C)NC(=O)C(F)(F)F)cc1. The fourth-order valence-electron chi connectivity index (χ4n) is 1.35. The summed E-state index contributed by atoms with van der Waals surface area (Å²) in [5.41, 5.74) is 0.191. The summed E-state index contributed by atoms with van der Waals surface area (Å²) in [6, 6.07) is 4.58. The van der Waals surface area contributed by atoms with Gasteiger partial charge in [-0.15, -0.1) is 0 Å². The fourth-order valence-corrected chi connectivity index (χ4v) is 1.35. The smallest absolute Gasteiger partial charge is 0.471 e. The maximum absolute atomic E-state index is 12.0. The molecule has 0 saturated carbocycles. The first-order chi connectivity index (χ1) is 8.75. The Morgan fingerprint density at radius 3 is 2.16 bits per heavy atom. The number of ketones is 1. The molecule has 19 heavy (non-hydrogen) atoms. The van der Waals surface area contributed by atoms with E-state index in [1.807, 2.05) is 0 Å². The lowest BCUT2D eigenvalue weighted by Gasteiger charge is -2.14. The quantitative estimate of drug-likeness (QED) is 0.854. The Bertz CT molecular complexity index is 468. The number of carbonyl (C=O) groups excluding carboxylic acids is 2. The van der Waals surface area contributed by atoms with Crippen LogP contribution in [0.3, 0.4) is 0 Å². The molecule has 0 aliphatic rings. The van der Waals surface area contributed by atoms with Crippen LogP contribution in [0.1, 0.15) is 17.3 Å². The fraction of sp³-hybridized carbons (Fsp3) is 0.333. The first kappa shape index (κ1) is 15.0. The van der Waals surface area contributed by atoms with Crippen molar-refractivity contribution in [2.45, 2.75) is 19.1 Å². The van der Waals surface area contributed by atoms with Gasteiger partial charge in [-0.1, -0.05) is 0 Å². The predicted octanol–water partition coefficient (Wildman–Crippen LogP) is 1.94. The first-order valence-electron chi connectivity index (χ1n) is 5.31. The maximum Gasteiger partial charge on any atom is 0.471 e. The lowest BCUT2D eigenvalue weighted by atomic mass is 10.1. The molecule has 104 valence electrons. The number of nitrogens with one attached hydrogen (secondary N) is 1. The Morgan fingerprint density at radius 1 is 1.21 bits per heavy atom. The number of amides is 1. The molecule has 1 aromatic carbocycles. The van der Waals surface area contributed by atoms with E-state index in [9.17, 15) is 22.8 Å². The van der Waals surface area contributed by atoms with Gasteiger partial charge < -0.3 is 10.1 Å². The van der Waals surface area contributed by atoms with Gasteiger partial charge in [0.2, 0.25) is 0 Å². The second-order valence-electron chi connectivity index (χ2n) is 3.79. The molecule has 0 fully saturated rings. The van der Waals surface area contributed by atoms with Crippen molar-refractivity contribution in [3.63, 3.8) is 0 Å². The molecule has 0 saturated heterocycles. The number of rotatable bonds is 4. The summed E-state index contributed by atoms with van der Waals surface area (Å²) >= 11 is 0. The molecule has 1 rings (SSSR count). The van der Waals surface area contributed by atoms with Gasteiger partial charge in [-0.05, 0) is 31.2 Å². The molecule has 0 spiro atoms. The van der Waals surface area contributed by atoms with Crippen molar-refractivity contribution in [1.29, 1.82) is 0 Å². The molecule has 1 amide bonds. The minimum absolute atomic E-state index is 0.191.